The molecule has 3 heteroatoms. The molecule has 0 radical (unpaired) electrons. The summed E-state index contributed by atoms with van der Waals surface area (Å²) in [5.74, 6) is 0. The van der Waals surface area contributed by atoms with Crippen LogP contribution in [0.3, 0.4) is 0 Å². The molecule has 0 aromatic carbocycles. The maximum absolute atomic E-state index is 4.54. The summed E-state index contributed by atoms with van der Waals surface area (Å²) in [5, 5.41) is 0. The van der Waals surface area contributed by atoms with Crippen LogP contribution < -0.4 is 0 Å². The Bertz CT molecular complexity index is 140. The van der Waals surface area contributed by atoms with Gasteiger partial charge in [0.15, 0.2) is 0 Å². The van der Waals surface area contributed by atoms with Crippen LogP contribution in [0.25, 0.3) is 0 Å². The zero-order chi connectivity index (χ0) is 12.9. The van der Waals surface area contributed by atoms with Gasteiger partial charge in [0.25, 0.3) is 0 Å². The van der Waals surface area contributed by atoms with Crippen molar-refractivity contribution >= 4 is 0 Å². The van der Waals surface area contributed by atoms with Gasteiger partial charge in [0.1, 0.15) is 0 Å². The minimum Gasteiger partial charge on any atom is -0.385 e. The van der Waals surface area contributed by atoms with Crippen LogP contribution >= 0.6 is 0 Å². The molecule has 0 atom stereocenters. The molecule has 0 saturated carbocycles. The number of likely N-dealkylation sites (N-methyl/N-ethyl adjacent to an activating group) is 1. The van der Waals surface area contributed by atoms with Gasteiger partial charge < -0.3 is 14.5 Å². The molecule has 1 saturated heterocycles. The minimum absolute atomic E-state index is 0.819. The number of hydrogen-bond donors (Lipinski definition) is 0. The van der Waals surface area contributed by atoms with E-state index < -0.39 is 0 Å². The summed E-state index contributed by atoms with van der Waals surface area (Å²) in [7, 11) is 1.68. The molecule has 0 aromatic rings. The first-order valence-corrected chi connectivity index (χ1v) is 7.22. The Kier molecular flexibility index (Phi) is 12.3. The molecule has 0 aliphatic carbocycles. The van der Waals surface area contributed by atoms with E-state index in [-0.39, 0.29) is 0 Å². The quantitative estimate of drug-likeness (QED) is 0.668. The van der Waals surface area contributed by atoms with E-state index in [9.17, 15) is 0 Å². The second kappa shape index (κ2) is 12.3. The van der Waals surface area contributed by atoms with Crippen molar-refractivity contribution in [2.75, 3.05) is 53.0 Å². The van der Waals surface area contributed by atoms with Gasteiger partial charge in [-0.15, -0.1) is 0 Å². The van der Waals surface area contributed by atoms with Crippen LogP contribution in [0.4, 0.5) is 0 Å². The molecule has 0 unspecified atom stereocenters. The fourth-order valence-corrected chi connectivity index (χ4v) is 1.91. The molecule has 1 aliphatic rings. The topological polar surface area (TPSA) is 15.7 Å². The average molecular weight is 244 g/mol. The summed E-state index contributed by atoms with van der Waals surface area (Å²) in [4.78, 5) is 5.15. The summed E-state index contributed by atoms with van der Waals surface area (Å²) in [6.45, 7) is 15.0. The lowest BCUT2D eigenvalue weighted by atomic mass is 10.2. The molecule has 0 bridgehead atoms. The smallest absolute Gasteiger partial charge is 0.0433 e. The number of ether oxygens (including phenoxy) is 1. The first-order valence-electron chi connectivity index (χ1n) is 7.22. The lowest BCUT2D eigenvalue weighted by molar-refractivity contribution is 0.135. The van der Waals surface area contributed by atoms with Crippen molar-refractivity contribution in [3.63, 3.8) is 0 Å². The maximum atomic E-state index is 4.54. The Labute approximate surface area is 108 Å². The van der Waals surface area contributed by atoms with Gasteiger partial charge in [0.2, 0.25) is 0 Å². The van der Waals surface area contributed by atoms with Crippen molar-refractivity contribution in [2.24, 2.45) is 0 Å². The highest BCUT2D eigenvalue weighted by Gasteiger charge is 2.13. The van der Waals surface area contributed by atoms with Crippen LogP contribution in [0.1, 0.15) is 40.0 Å². The van der Waals surface area contributed by atoms with Crippen LogP contribution in [-0.2, 0) is 4.74 Å². The lowest BCUT2D eigenvalue weighted by Crippen LogP contribution is -2.46. The van der Waals surface area contributed by atoms with E-state index >= 15 is 0 Å². The highest BCUT2D eigenvalue weighted by molar-refractivity contribution is 4.70. The third-order valence-corrected chi connectivity index (χ3v) is 3.28. The molecule has 104 valence electrons. The number of rotatable bonds is 6. The van der Waals surface area contributed by atoms with Crippen molar-refractivity contribution in [2.45, 2.75) is 40.0 Å². The average Bonchev–Trinajstić information content (AvgIpc) is 2.40. The Balaban J connectivity index is 0.000000557. The molecule has 1 heterocycles. The Morgan fingerprint density at radius 2 is 1.41 bits per heavy atom. The number of methoxy groups -OCH3 is 1. The molecular weight excluding hydrogens is 212 g/mol. The second-order valence-electron chi connectivity index (χ2n) is 4.56. The zero-order valence-corrected chi connectivity index (χ0v) is 12.4. The monoisotopic (exact) mass is 244 g/mol. The van der Waals surface area contributed by atoms with Crippen LogP contribution in [0.15, 0.2) is 0 Å². The fourth-order valence-electron chi connectivity index (χ4n) is 1.91. The number of piperazine rings is 1. The van der Waals surface area contributed by atoms with E-state index in [1.807, 2.05) is 6.92 Å². The molecule has 3 nitrogen and oxygen atoms in total. The van der Waals surface area contributed by atoms with E-state index in [1.165, 1.54) is 58.5 Å². The van der Waals surface area contributed by atoms with E-state index in [0.717, 1.165) is 6.61 Å². The molecule has 0 aromatic heterocycles. The first kappa shape index (κ1) is 16.9. The van der Waals surface area contributed by atoms with Gasteiger partial charge in [0.05, 0.1) is 0 Å². The van der Waals surface area contributed by atoms with Crippen molar-refractivity contribution in [3.05, 3.63) is 0 Å². The first-order chi connectivity index (χ1) is 8.28. The second-order valence-corrected chi connectivity index (χ2v) is 4.56. The van der Waals surface area contributed by atoms with Gasteiger partial charge in [-0.25, -0.2) is 0 Å². The van der Waals surface area contributed by atoms with Gasteiger partial charge in [-0.3, -0.25) is 0 Å². The normalized spacial score (nSPS) is 17.6. The van der Waals surface area contributed by atoms with Gasteiger partial charge in [-0.2, -0.15) is 0 Å². The molecule has 17 heavy (non-hydrogen) atoms. The van der Waals surface area contributed by atoms with Crippen LogP contribution in [0.2, 0.25) is 0 Å². The zero-order valence-electron chi connectivity index (χ0n) is 12.4. The summed E-state index contributed by atoms with van der Waals surface area (Å²) in [6.07, 6.45) is 4.13. The Morgan fingerprint density at radius 3 is 1.82 bits per heavy atom. The predicted octanol–water partition coefficient (Wildman–Crippen LogP) is 2.47. The minimum atomic E-state index is 0.819. The van der Waals surface area contributed by atoms with E-state index in [2.05, 4.69) is 28.4 Å². The maximum Gasteiger partial charge on any atom is 0.0433 e. The third kappa shape index (κ3) is 9.57. The Morgan fingerprint density at radius 1 is 0.882 bits per heavy atom. The lowest BCUT2D eigenvalue weighted by Gasteiger charge is -2.33. The van der Waals surface area contributed by atoms with Gasteiger partial charge in [0, 0.05) is 39.9 Å². The van der Waals surface area contributed by atoms with E-state index in [1.54, 1.807) is 7.11 Å². The van der Waals surface area contributed by atoms with Gasteiger partial charge in [-0.1, -0.05) is 26.7 Å². The molecular formula is C14H32N2O. The standard InChI is InChI=1S/C11H24N2.C3H8O/c1-3-5-6-7-13-10-8-12(4-2)9-11-13;1-3-4-2/h3-11H2,1-2H3;3H2,1-2H3. The van der Waals surface area contributed by atoms with Crippen LogP contribution in [-0.4, -0.2) is 62.8 Å². The summed E-state index contributed by atoms with van der Waals surface area (Å²) >= 11 is 0. The highest BCUT2D eigenvalue weighted by Crippen LogP contribution is 2.03. The molecule has 0 spiro atoms. The highest BCUT2D eigenvalue weighted by atomic mass is 16.5. The van der Waals surface area contributed by atoms with Crippen molar-refractivity contribution in [3.8, 4) is 0 Å². The van der Waals surface area contributed by atoms with Gasteiger partial charge >= 0.3 is 0 Å². The third-order valence-electron chi connectivity index (χ3n) is 3.28. The molecule has 0 amide bonds. The molecule has 0 N–H and O–H groups in total. The number of unbranched alkanes of at least 4 members (excludes halogenated alkanes) is 2. The van der Waals surface area contributed by atoms with Crippen molar-refractivity contribution < 1.29 is 4.74 Å². The molecule has 1 aliphatic heterocycles. The van der Waals surface area contributed by atoms with E-state index in [0.29, 0.717) is 0 Å². The molecule has 1 rings (SSSR count). The largest absolute Gasteiger partial charge is 0.385 e. The summed E-state index contributed by atoms with van der Waals surface area (Å²) in [5.41, 5.74) is 0. The van der Waals surface area contributed by atoms with Crippen molar-refractivity contribution in [1.82, 2.24) is 9.80 Å². The van der Waals surface area contributed by atoms with Crippen LogP contribution in [0.5, 0.6) is 0 Å². The number of hydrogen-bond acceptors (Lipinski definition) is 3. The van der Waals surface area contributed by atoms with E-state index in [4.69, 9.17) is 0 Å². The number of nitrogens with zero attached hydrogens (tertiary/aromatic N) is 2. The summed E-state index contributed by atoms with van der Waals surface area (Å²) in [6, 6.07) is 0. The fraction of sp³-hybridized carbons (Fsp3) is 1.00. The van der Waals surface area contributed by atoms with Gasteiger partial charge in [-0.05, 0) is 26.4 Å². The predicted molar refractivity (Wildman–Crippen MR) is 75.6 cm³/mol. The SMILES string of the molecule is CCCCCN1CCN(CC)CC1.CCOC. The molecule has 1 fully saturated rings. The Hall–Kier alpha value is -0.120. The van der Waals surface area contributed by atoms with Crippen LogP contribution in [0, 0.1) is 0 Å². The van der Waals surface area contributed by atoms with Crippen molar-refractivity contribution in [1.29, 1.82) is 0 Å². The summed E-state index contributed by atoms with van der Waals surface area (Å²) < 4.78 is 4.54.